The number of hydrogen-bond acceptors (Lipinski definition) is 2. The Balaban J connectivity index is 5.35. The molecular formula is C15H24O2Si. The lowest BCUT2D eigenvalue weighted by Crippen LogP contribution is -2.19. The highest BCUT2D eigenvalue weighted by molar-refractivity contribution is 6.83. The van der Waals surface area contributed by atoms with Gasteiger partial charge in [0.2, 0.25) is 0 Å². The molecule has 0 aliphatic carbocycles. The molecule has 0 aliphatic rings. The van der Waals surface area contributed by atoms with E-state index < -0.39 is 8.07 Å². The fraction of sp³-hybridized carbons (Fsp3) is 0.600. The smallest absolute Gasteiger partial charge is 0.314 e. The van der Waals surface area contributed by atoms with Gasteiger partial charge in [-0.05, 0) is 33.3 Å². The molecule has 0 amide bonds. The molecule has 0 rings (SSSR count). The summed E-state index contributed by atoms with van der Waals surface area (Å²) in [5, 5.41) is 0. The van der Waals surface area contributed by atoms with Crippen molar-refractivity contribution in [2.24, 2.45) is 5.92 Å². The largest absolute Gasteiger partial charge is 0.465 e. The predicted molar refractivity (Wildman–Crippen MR) is 78.8 cm³/mol. The molecule has 0 aromatic rings. The van der Waals surface area contributed by atoms with E-state index in [-0.39, 0.29) is 11.9 Å². The number of carbonyl (C=O) groups is 1. The van der Waals surface area contributed by atoms with Crippen molar-refractivity contribution in [2.45, 2.75) is 47.3 Å². The first-order valence-electron chi connectivity index (χ1n) is 6.31. The van der Waals surface area contributed by atoms with Crippen LogP contribution in [0.2, 0.25) is 19.6 Å². The molecule has 0 radical (unpaired) electrons. The SMILES string of the molecule is CCOC(=O)C(C)C(=C=C(C)C)C#C[Si](C)(C)C. The quantitative estimate of drug-likeness (QED) is 0.337. The van der Waals surface area contributed by atoms with Crippen LogP contribution in [0, 0.1) is 17.4 Å². The summed E-state index contributed by atoms with van der Waals surface area (Å²) < 4.78 is 5.03. The lowest BCUT2D eigenvalue weighted by molar-refractivity contribution is -0.145. The Kier molecular flexibility index (Phi) is 6.76. The molecule has 1 unspecified atom stereocenters. The van der Waals surface area contributed by atoms with Crippen LogP contribution in [0.5, 0.6) is 0 Å². The van der Waals surface area contributed by atoms with Gasteiger partial charge in [0, 0.05) is 0 Å². The van der Waals surface area contributed by atoms with E-state index in [0.717, 1.165) is 11.1 Å². The van der Waals surface area contributed by atoms with Gasteiger partial charge in [-0.2, -0.15) is 0 Å². The summed E-state index contributed by atoms with van der Waals surface area (Å²) in [5.74, 6) is 2.55. The molecule has 0 heterocycles. The van der Waals surface area contributed by atoms with Gasteiger partial charge >= 0.3 is 5.97 Å². The van der Waals surface area contributed by atoms with Crippen LogP contribution in [-0.2, 0) is 9.53 Å². The highest BCUT2D eigenvalue weighted by Crippen LogP contribution is 2.12. The van der Waals surface area contributed by atoms with Crippen molar-refractivity contribution in [3.05, 3.63) is 16.9 Å². The first-order valence-corrected chi connectivity index (χ1v) is 9.81. The number of carbonyl (C=O) groups excluding carboxylic acids is 1. The second kappa shape index (κ2) is 7.26. The third kappa shape index (κ3) is 7.16. The zero-order valence-electron chi connectivity index (χ0n) is 12.6. The van der Waals surface area contributed by atoms with Gasteiger partial charge in [0.1, 0.15) is 8.07 Å². The Bertz CT molecular complexity index is 420. The summed E-state index contributed by atoms with van der Waals surface area (Å²) in [6.45, 7) is 14.5. The summed E-state index contributed by atoms with van der Waals surface area (Å²) in [4.78, 5) is 11.7. The van der Waals surface area contributed by atoms with Crippen molar-refractivity contribution in [1.29, 1.82) is 0 Å². The minimum Gasteiger partial charge on any atom is -0.465 e. The standard InChI is InChI=1S/C15H24O2Si/c1-8-17-15(16)13(4)14(11-12(2)3)9-10-18(5,6)7/h13H,8H2,1-7H3. The molecule has 2 nitrogen and oxygen atoms in total. The molecule has 0 fully saturated rings. The van der Waals surface area contributed by atoms with Gasteiger partial charge in [0.05, 0.1) is 18.1 Å². The molecule has 3 heteroatoms. The first kappa shape index (κ1) is 16.8. The molecular weight excluding hydrogens is 240 g/mol. The number of ether oxygens (including phenoxy) is 1. The van der Waals surface area contributed by atoms with Crippen LogP contribution in [-0.4, -0.2) is 20.7 Å². The van der Waals surface area contributed by atoms with E-state index in [1.54, 1.807) is 0 Å². The van der Waals surface area contributed by atoms with E-state index in [1.165, 1.54) is 0 Å². The second-order valence-corrected chi connectivity index (χ2v) is 10.3. The summed E-state index contributed by atoms with van der Waals surface area (Å²) >= 11 is 0. The molecule has 1 atom stereocenters. The molecule has 0 bridgehead atoms. The maximum Gasteiger partial charge on any atom is 0.314 e. The van der Waals surface area contributed by atoms with E-state index in [2.05, 4.69) is 36.8 Å². The Morgan fingerprint density at radius 1 is 1.28 bits per heavy atom. The van der Waals surface area contributed by atoms with Crippen LogP contribution in [0.4, 0.5) is 0 Å². The van der Waals surface area contributed by atoms with Gasteiger partial charge in [0.15, 0.2) is 0 Å². The van der Waals surface area contributed by atoms with E-state index >= 15 is 0 Å². The Morgan fingerprint density at radius 3 is 2.22 bits per heavy atom. The molecule has 0 aromatic heterocycles. The van der Waals surface area contributed by atoms with Crippen LogP contribution < -0.4 is 0 Å². The number of esters is 1. The van der Waals surface area contributed by atoms with Gasteiger partial charge < -0.3 is 4.74 Å². The molecule has 0 N–H and O–H groups in total. The first-order chi connectivity index (χ1) is 8.17. The maximum atomic E-state index is 11.7. The van der Waals surface area contributed by atoms with Crippen LogP contribution in [0.1, 0.15) is 27.7 Å². The summed E-state index contributed by atoms with van der Waals surface area (Å²) in [6.07, 6.45) is 0. The Labute approximate surface area is 112 Å². The van der Waals surface area contributed by atoms with Crippen molar-refractivity contribution in [2.75, 3.05) is 6.61 Å². The molecule has 0 spiro atoms. The lowest BCUT2D eigenvalue weighted by atomic mass is 10.0. The van der Waals surface area contributed by atoms with Crippen LogP contribution in [0.15, 0.2) is 16.9 Å². The van der Waals surface area contributed by atoms with E-state index in [4.69, 9.17) is 4.74 Å². The fourth-order valence-electron chi connectivity index (χ4n) is 1.16. The monoisotopic (exact) mass is 264 g/mol. The average Bonchev–Trinajstić information content (AvgIpc) is 2.21. The lowest BCUT2D eigenvalue weighted by Gasteiger charge is -2.10. The zero-order chi connectivity index (χ0) is 14.3. The Morgan fingerprint density at radius 2 is 1.83 bits per heavy atom. The third-order valence-corrected chi connectivity index (χ3v) is 2.91. The molecule has 0 aliphatic heterocycles. The molecule has 0 saturated carbocycles. The summed E-state index contributed by atoms with van der Waals surface area (Å²) in [7, 11) is -1.45. The van der Waals surface area contributed by atoms with Gasteiger partial charge in [0.25, 0.3) is 0 Å². The molecule has 100 valence electrons. The topological polar surface area (TPSA) is 26.3 Å². The van der Waals surface area contributed by atoms with Gasteiger partial charge in [-0.1, -0.05) is 25.6 Å². The fourth-order valence-corrected chi connectivity index (χ4v) is 1.67. The van der Waals surface area contributed by atoms with Crippen LogP contribution >= 0.6 is 0 Å². The van der Waals surface area contributed by atoms with E-state index in [9.17, 15) is 4.79 Å². The molecule has 18 heavy (non-hydrogen) atoms. The van der Waals surface area contributed by atoms with Crippen molar-refractivity contribution < 1.29 is 9.53 Å². The van der Waals surface area contributed by atoms with E-state index in [1.807, 2.05) is 27.7 Å². The van der Waals surface area contributed by atoms with Gasteiger partial charge in [-0.3, -0.25) is 4.79 Å². The summed E-state index contributed by atoms with van der Waals surface area (Å²) in [6, 6.07) is 0. The number of hydrogen-bond donors (Lipinski definition) is 0. The zero-order valence-corrected chi connectivity index (χ0v) is 13.6. The van der Waals surface area contributed by atoms with Crippen molar-refractivity contribution in [3.8, 4) is 11.5 Å². The molecule has 0 saturated heterocycles. The highest BCUT2D eigenvalue weighted by atomic mass is 28.3. The third-order valence-electron chi connectivity index (χ3n) is 2.03. The maximum absolute atomic E-state index is 11.7. The van der Waals surface area contributed by atoms with Crippen LogP contribution in [0.25, 0.3) is 0 Å². The van der Waals surface area contributed by atoms with Crippen molar-refractivity contribution in [3.63, 3.8) is 0 Å². The Hall–Kier alpha value is -1.23. The predicted octanol–water partition coefficient (Wildman–Crippen LogP) is 3.56. The normalized spacial score (nSPS) is 11.7. The van der Waals surface area contributed by atoms with Crippen molar-refractivity contribution in [1.82, 2.24) is 0 Å². The van der Waals surface area contributed by atoms with Gasteiger partial charge in [-0.25, -0.2) is 0 Å². The van der Waals surface area contributed by atoms with E-state index in [0.29, 0.717) is 6.61 Å². The number of rotatable bonds is 3. The molecule has 0 aromatic carbocycles. The minimum atomic E-state index is -1.45. The second-order valence-electron chi connectivity index (χ2n) is 5.51. The minimum absolute atomic E-state index is 0.230. The summed E-state index contributed by atoms with van der Waals surface area (Å²) in [5.41, 5.74) is 8.20. The van der Waals surface area contributed by atoms with Crippen LogP contribution in [0.3, 0.4) is 0 Å². The van der Waals surface area contributed by atoms with Gasteiger partial charge in [-0.15, -0.1) is 11.3 Å². The average molecular weight is 264 g/mol. The van der Waals surface area contributed by atoms with Crippen molar-refractivity contribution >= 4 is 14.0 Å². The highest BCUT2D eigenvalue weighted by Gasteiger charge is 2.18.